The lowest BCUT2D eigenvalue weighted by Gasteiger charge is -2.24. The van der Waals surface area contributed by atoms with Crippen molar-refractivity contribution in [3.8, 4) is 5.88 Å². The van der Waals surface area contributed by atoms with Crippen LogP contribution in [0.4, 0.5) is 0 Å². The molecule has 1 N–H and O–H groups in total. The van der Waals surface area contributed by atoms with E-state index in [1.807, 2.05) is 4.90 Å². The number of nitrogens with one attached hydrogen (secondary N) is 1. The summed E-state index contributed by atoms with van der Waals surface area (Å²) in [6.07, 6.45) is 4.90. The number of carbonyl (C=O) groups is 2. The molecule has 150 valence electrons. The Hall–Kier alpha value is -3.01. The molecule has 2 amide bonds. The first-order valence-electron chi connectivity index (χ1n) is 9.10. The SMILES string of the molecule is COCCNC(=O)c1cn(CC2CCCN2C(=O)c2ccc(OC)nc2)nn1. The zero-order valence-electron chi connectivity index (χ0n) is 16.0. The van der Waals surface area contributed by atoms with Gasteiger partial charge in [0.05, 0.1) is 38.1 Å². The Morgan fingerprint density at radius 1 is 1.32 bits per heavy atom. The number of aromatic nitrogens is 4. The molecule has 1 atom stereocenters. The highest BCUT2D eigenvalue weighted by Gasteiger charge is 2.30. The van der Waals surface area contributed by atoms with Crippen molar-refractivity contribution in [3.05, 3.63) is 35.8 Å². The van der Waals surface area contributed by atoms with E-state index in [1.54, 1.807) is 30.1 Å². The van der Waals surface area contributed by atoms with Gasteiger partial charge >= 0.3 is 0 Å². The second-order valence-electron chi connectivity index (χ2n) is 6.46. The van der Waals surface area contributed by atoms with Gasteiger partial charge in [-0.1, -0.05) is 5.21 Å². The van der Waals surface area contributed by atoms with Crippen molar-refractivity contribution in [2.45, 2.75) is 25.4 Å². The number of rotatable bonds is 8. The molecule has 2 aromatic heterocycles. The lowest BCUT2D eigenvalue weighted by Crippen LogP contribution is -2.38. The van der Waals surface area contributed by atoms with Gasteiger partial charge in [0.15, 0.2) is 5.69 Å². The van der Waals surface area contributed by atoms with Crippen LogP contribution in [-0.4, -0.2) is 76.6 Å². The molecule has 1 unspecified atom stereocenters. The standard InChI is InChI=1S/C18H24N6O4/c1-27-9-7-19-17(25)15-12-23(22-21-15)11-14-4-3-8-24(14)18(26)13-5-6-16(28-2)20-10-13/h5-6,10,12,14H,3-4,7-9,11H2,1-2H3,(H,19,25). The summed E-state index contributed by atoms with van der Waals surface area (Å²) in [5.74, 6) is 0.0932. The molecule has 10 heteroatoms. The van der Waals surface area contributed by atoms with Gasteiger partial charge in [-0.3, -0.25) is 9.59 Å². The van der Waals surface area contributed by atoms with Crippen molar-refractivity contribution in [3.63, 3.8) is 0 Å². The summed E-state index contributed by atoms with van der Waals surface area (Å²) >= 11 is 0. The van der Waals surface area contributed by atoms with Gasteiger partial charge < -0.3 is 19.7 Å². The van der Waals surface area contributed by atoms with Gasteiger partial charge in [-0.25, -0.2) is 9.67 Å². The van der Waals surface area contributed by atoms with Crippen LogP contribution in [0.1, 0.15) is 33.7 Å². The van der Waals surface area contributed by atoms with Crippen molar-refractivity contribution >= 4 is 11.8 Å². The Balaban J connectivity index is 1.62. The Morgan fingerprint density at radius 3 is 2.89 bits per heavy atom. The van der Waals surface area contributed by atoms with E-state index in [4.69, 9.17) is 9.47 Å². The van der Waals surface area contributed by atoms with Gasteiger partial charge in [0.1, 0.15) is 0 Å². The van der Waals surface area contributed by atoms with Gasteiger partial charge in [-0.2, -0.15) is 0 Å². The third-order valence-electron chi connectivity index (χ3n) is 4.59. The van der Waals surface area contributed by atoms with E-state index < -0.39 is 0 Å². The molecule has 1 aliphatic heterocycles. The maximum absolute atomic E-state index is 12.8. The van der Waals surface area contributed by atoms with E-state index in [-0.39, 0.29) is 23.6 Å². The normalized spacial score (nSPS) is 16.2. The molecular formula is C18H24N6O4. The fraction of sp³-hybridized carbons (Fsp3) is 0.500. The van der Waals surface area contributed by atoms with Crippen LogP contribution in [0.5, 0.6) is 5.88 Å². The number of hydrogen-bond donors (Lipinski definition) is 1. The summed E-state index contributed by atoms with van der Waals surface area (Å²) in [6.45, 7) is 1.99. The predicted molar refractivity (Wildman–Crippen MR) is 99.1 cm³/mol. The number of methoxy groups -OCH3 is 2. The minimum absolute atomic E-state index is 0.0132. The highest BCUT2D eigenvalue weighted by molar-refractivity contribution is 5.94. The van der Waals surface area contributed by atoms with Crippen molar-refractivity contribution < 1.29 is 19.1 Å². The largest absolute Gasteiger partial charge is 0.481 e. The van der Waals surface area contributed by atoms with Crippen molar-refractivity contribution in [1.29, 1.82) is 0 Å². The Bertz CT molecular complexity index is 807. The lowest BCUT2D eigenvalue weighted by molar-refractivity contribution is 0.0720. The van der Waals surface area contributed by atoms with Crippen molar-refractivity contribution in [2.24, 2.45) is 0 Å². The number of nitrogens with zero attached hydrogens (tertiary/aromatic N) is 5. The van der Waals surface area contributed by atoms with E-state index in [1.165, 1.54) is 13.3 Å². The lowest BCUT2D eigenvalue weighted by atomic mass is 10.2. The molecule has 0 aromatic carbocycles. The fourth-order valence-electron chi connectivity index (χ4n) is 3.15. The van der Waals surface area contributed by atoms with Gasteiger partial charge in [-0.15, -0.1) is 5.10 Å². The van der Waals surface area contributed by atoms with E-state index in [0.717, 1.165) is 12.8 Å². The topological polar surface area (TPSA) is 111 Å². The monoisotopic (exact) mass is 388 g/mol. The van der Waals surface area contributed by atoms with E-state index in [0.29, 0.717) is 37.7 Å². The van der Waals surface area contributed by atoms with Crippen LogP contribution >= 0.6 is 0 Å². The molecule has 0 bridgehead atoms. The quantitative estimate of drug-likeness (QED) is 0.650. The Labute approximate surface area is 162 Å². The molecule has 3 rings (SSSR count). The van der Waals surface area contributed by atoms with Crippen LogP contribution in [0.2, 0.25) is 0 Å². The summed E-state index contributed by atoms with van der Waals surface area (Å²) in [5, 5.41) is 10.6. The van der Waals surface area contributed by atoms with Crippen LogP contribution in [-0.2, 0) is 11.3 Å². The average molecular weight is 388 g/mol. The molecule has 10 nitrogen and oxygen atoms in total. The third-order valence-corrected chi connectivity index (χ3v) is 4.59. The maximum atomic E-state index is 12.8. The molecule has 1 saturated heterocycles. The molecule has 0 saturated carbocycles. The Morgan fingerprint density at radius 2 is 2.18 bits per heavy atom. The number of ether oxygens (including phenoxy) is 2. The molecule has 0 aliphatic carbocycles. The summed E-state index contributed by atoms with van der Waals surface area (Å²) < 4.78 is 11.5. The smallest absolute Gasteiger partial charge is 0.273 e. The third kappa shape index (κ3) is 4.63. The Kier molecular flexibility index (Phi) is 6.53. The van der Waals surface area contributed by atoms with Crippen LogP contribution in [0.3, 0.4) is 0 Å². The minimum Gasteiger partial charge on any atom is -0.481 e. The summed E-state index contributed by atoms with van der Waals surface area (Å²) in [7, 11) is 3.10. The maximum Gasteiger partial charge on any atom is 0.273 e. The predicted octanol–water partition coefficient (Wildman–Crippen LogP) is 0.363. The summed E-state index contributed by atoms with van der Waals surface area (Å²) in [6, 6.07) is 3.37. The van der Waals surface area contributed by atoms with Gasteiger partial charge in [0, 0.05) is 32.5 Å². The molecular weight excluding hydrogens is 364 g/mol. The molecule has 1 fully saturated rings. The molecule has 28 heavy (non-hydrogen) atoms. The second kappa shape index (κ2) is 9.27. The van der Waals surface area contributed by atoms with E-state index >= 15 is 0 Å². The van der Waals surface area contributed by atoms with E-state index in [2.05, 4.69) is 20.6 Å². The first-order chi connectivity index (χ1) is 13.6. The zero-order valence-corrected chi connectivity index (χ0v) is 16.0. The first-order valence-corrected chi connectivity index (χ1v) is 9.10. The average Bonchev–Trinajstić information content (AvgIpc) is 3.38. The van der Waals surface area contributed by atoms with Gasteiger partial charge in [-0.05, 0) is 18.9 Å². The summed E-state index contributed by atoms with van der Waals surface area (Å²) in [4.78, 5) is 30.8. The summed E-state index contributed by atoms with van der Waals surface area (Å²) in [5.41, 5.74) is 0.760. The molecule has 1 aliphatic rings. The number of pyridine rings is 1. The van der Waals surface area contributed by atoms with Crippen LogP contribution in [0.25, 0.3) is 0 Å². The number of carbonyl (C=O) groups excluding carboxylic acids is 2. The number of hydrogen-bond acceptors (Lipinski definition) is 7. The number of amides is 2. The minimum atomic E-state index is -0.299. The van der Waals surface area contributed by atoms with Gasteiger partial charge in [0.2, 0.25) is 5.88 Å². The molecule has 0 radical (unpaired) electrons. The van der Waals surface area contributed by atoms with Crippen LogP contribution in [0, 0.1) is 0 Å². The van der Waals surface area contributed by atoms with E-state index in [9.17, 15) is 9.59 Å². The van der Waals surface area contributed by atoms with Crippen LogP contribution < -0.4 is 10.1 Å². The molecule has 0 spiro atoms. The fourth-order valence-corrected chi connectivity index (χ4v) is 3.15. The first kappa shape index (κ1) is 19.7. The second-order valence-corrected chi connectivity index (χ2v) is 6.46. The van der Waals surface area contributed by atoms with Gasteiger partial charge in [0.25, 0.3) is 11.8 Å². The zero-order chi connectivity index (χ0) is 19.9. The highest BCUT2D eigenvalue weighted by Crippen LogP contribution is 2.22. The number of likely N-dealkylation sites (tertiary alicyclic amines) is 1. The van der Waals surface area contributed by atoms with Crippen LogP contribution in [0.15, 0.2) is 24.5 Å². The van der Waals surface area contributed by atoms with Crippen molar-refractivity contribution in [1.82, 2.24) is 30.2 Å². The highest BCUT2D eigenvalue weighted by atomic mass is 16.5. The molecule has 2 aromatic rings. The van der Waals surface area contributed by atoms with Crippen molar-refractivity contribution in [2.75, 3.05) is 33.9 Å². The molecule has 3 heterocycles.